The third-order valence-electron chi connectivity index (χ3n) is 9.07. The first-order chi connectivity index (χ1) is 11.0. The molecule has 0 spiro atoms. The highest BCUT2D eigenvalue weighted by atomic mass is 16.3. The molecule has 0 bridgehead atoms. The Balaban J connectivity index is 1.64. The normalized spacial score (nSPS) is 55.0. The summed E-state index contributed by atoms with van der Waals surface area (Å²) in [5, 5.41) is 10.1. The zero-order valence-corrected chi connectivity index (χ0v) is 15.5. The minimum Gasteiger partial charge on any atom is -0.393 e. The number of fused-ring (bicyclic) bond motifs is 5. The molecule has 1 heteroatoms. The molecule has 130 valence electrons. The summed E-state index contributed by atoms with van der Waals surface area (Å²) < 4.78 is 0. The van der Waals surface area contributed by atoms with Gasteiger partial charge in [-0.25, -0.2) is 0 Å². The highest BCUT2D eigenvalue weighted by Crippen LogP contribution is 2.66. The molecule has 0 aromatic heterocycles. The molecular weight excluding hydrogens is 280 g/mol. The van der Waals surface area contributed by atoms with Crippen LogP contribution in [-0.2, 0) is 0 Å². The number of rotatable bonds is 0. The number of hydrogen-bond donors (Lipinski definition) is 1. The molecule has 7 atom stereocenters. The molecule has 0 aromatic rings. The lowest BCUT2D eigenvalue weighted by Gasteiger charge is -2.63. The van der Waals surface area contributed by atoms with Crippen molar-refractivity contribution in [2.75, 3.05) is 0 Å². The number of hydrogen-bond acceptors (Lipinski definition) is 1. The minimum atomic E-state index is -0.0113. The number of allylic oxidation sites excluding steroid dienone is 2. The van der Waals surface area contributed by atoms with Gasteiger partial charge in [-0.1, -0.05) is 25.5 Å². The topological polar surface area (TPSA) is 20.2 Å². The Kier molecular flexibility index (Phi) is 3.95. The van der Waals surface area contributed by atoms with Gasteiger partial charge in [0, 0.05) is 0 Å². The van der Waals surface area contributed by atoms with Crippen molar-refractivity contribution in [3.63, 3.8) is 0 Å². The lowest BCUT2D eigenvalue weighted by Crippen LogP contribution is -2.55. The van der Waals surface area contributed by atoms with Crippen LogP contribution in [0.25, 0.3) is 0 Å². The van der Waals surface area contributed by atoms with Crippen LogP contribution in [0.3, 0.4) is 0 Å². The molecular formula is C22H36O. The average molecular weight is 317 g/mol. The van der Waals surface area contributed by atoms with Gasteiger partial charge >= 0.3 is 0 Å². The predicted octanol–water partition coefficient (Wildman–Crippen LogP) is 5.73. The molecule has 0 amide bonds. The lowest BCUT2D eigenvalue weighted by molar-refractivity contribution is -0.126. The average Bonchev–Trinajstić information content (AvgIpc) is 2.54. The Morgan fingerprint density at radius 3 is 2.61 bits per heavy atom. The van der Waals surface area contributed by atoms with Gasteiger partial charge in [-0.05, 0) is 106 Å². The van der Waals surface area contributed by atoms with E-state index >= 15 is 0 Å². The van der Waals surface area contributed by atoms with Gasteiger partial charge in [0.1, 0.15) is 0 Å². The van der Waals surface area contributed by atoms with Gasteiger partial charge in [0.2, 0.25) is 0 Å². The quantitative estimate of drug-likeness (QED) is 0.566. The van der Waals surface area contributed by atoms with Gasteiger partial charge in [0.15, 0.2) is 0 Å². The fraction of sp³-hybridized carbons (Fsp3) is 0.909. The van der Waals surface area contributed by atoms with Gasteiger partial charge in [0.05, 0.1) is 6.10 Å². The Bertz CT molecular complexity index is 494. The first-order valence-corrected chi connectivity index (χ1v) is 10.3. The van der Waals surface area contributed by atoms with E-state index in [1.54, 1.807) is 5.57 Å². The molecule has 23 heavy (non-hydrogen) atoms. The maximum absolute atomic E-state index is 10.1. The van der Waals surface area contributed by atoms with Crippen LogP contribution in [-0.4, -0.2) is 11.2 Å². The van der Waals surface area contributed by atoms with Gasteiger partial charge in [-0.15, -0.1) is 0 Å². The SMILES string of the molecule is C/C=C1/CCC[C@H]2[C@@H]3CC[C@H]4C[C@@H](O)CC[C@]4(C)[C@H]3CC[C@]12C. The van der Waals surface area contributed by atoms with Crippen LogP contribution in [0.15, 0.2) is 11.6 Å². The first kappa shape index (κ1) is 16.2. The fourth-order valence-electron chi connectivity index (χ4n) is 7.76. The van der Waals surface area contributed by atoms with E-state index in [-0.39, 0.29) is 6.10 Å². The van der Waals surface area contributed by atoms with E-state index in [4.69, 9.17) is 0 Å². The van der Waals surface area contributed by atoms with E-state index in [1.807, 2.05) is 0 Å². The van der Waals surface area contributed by atoms with E-state index in [2.05, 4.69) is 26.8 Å². The molecule has 4 aliphatic rings. The van der Waals surface area contributed by atoms with E-state index in [1.165, 1.54) is 51.4 Å². The smallest absolute Gasteiger partial charge is 0.0543 e. The predicted molar refractivity (Wildman–Crippen MR) is 96.1 cm³/mol. The molecule has 4 aliphatic carbocycles. The monoisotopic (exact) mass is 316 g/mol. The van der Waals surface area contributed by atoms with E-state index in [0.717, 1.165) is 36.5 Å². The second-order valence-electron chi connectivity index (χ2n) is 9.75. The van der Waals surface area contributed by atoms with Crippen LogP contribution < -0.4 is 0 Å². The summed E-state index contributed by atoms with van der Waals surface area (Å²) in [4.78, 5) is 0. The lowest BCUT2D eigenvalue weighted by atomic mass is 9.42. The van der Waals surface area contributed by atoms with Crippen molar-refractivity contribution in [1.82, 2.24) is 0 Å². The van der Waals surface area contributed by atoms with Crippen molar-refractivity contribution in [3.8, 4) is 0 Å². The van der Waals surface area contributed by atoms with Crippen molar-refractivity contribution in [2.24, 2.45) is 34.5 Å². The fourth-order valence-corrected chi connectivity index (χ4v) is 7.76. The summed E-state index contributed by atoms with van der Waals surface area (Å²) in [6, 6.07) is 0. The highest BCUT2D eigenvalue weighted by molar-refractivity contribution is 5.21. The largest absolute Gasteiger partial charge is 0.393 e. The molecule has 4 fully saturated rings. The van der Waals surface area contributed by atoms with Crippen LogP contribution in [0.1, 0.15) is 85.0 Å². The zero-order valence-electron chi connectivity index (χ0n) is 15.5. The molecule has 1 nitrogen and oxygen atoms in total. The Morgan fingerprint density at radius 2 is 1.83 bits per heavy atom. The van der Waals surface area contributed by atoms with Crippen LogP contribution >= 0.6 is 0 Å². The summed E-state index contributed by atoms with van der Waals surface area (Å²) in [5.41, 5.74) is 2.81. The minimum absolute atomic E-state index is 0.0113. The number of aliphatic hydroxyl groups excluding tert-OH is 1. The molecule has 0 heterocycles. The van der Waals surface area contributed by atoms with Crippen LogP contribution in [0, 0.1) is 34.5 Å². The van der Waals surface area contributed by atoms with Gasteiger partial charge in [-0.3, -0.25) is 0 Å². The summed E-state index contributed by atoms with van der Waals surface area (Å²) in [5.74, 6) is 3.62. The van der Waals surface area contributed by atoms with Crippen molar-refractivity contribution in [2.45, 2.75) is 91.1 Å². The van der Waals surface area contributed by atoms with Crippen molar-refractivity contribution in [3.05, 3.63) is 11.6 Å². The second-order valence-corrected chi connectivity index (χ2v) is 9.75. The maximum atomic E-state index is 10.1. The van der Waals surface area contributed by atoms with Gasteiger partial charge < -0.3 is 5.11 Å². The molecule has 0 unspecified atom stereocenters. The summed E-state index contributed by atoms with van der Waals surface area (Å²) in [7, 11) is 0. The molecule has 0 radical (unpaired) electrons. The van der Waals surface area contributed by atoms with E-state index in [9.17, 15) is 5.11 Å². The third-order valence-corrected chi connectivity index (χ3v) is 9.07. The molecule has 4 saturated carbocycles. The Morgan fingerprint density at radius 1 is 1.00 bits per heavy atom. The Hall–Kier alpha value is -0.300. The summed E-state index contributed by atoms with van der Waals surface area (Å²) in [6.07, 6.45) is 15.8. The van der Waals surface area contributed by atoms with Crippen molar-refractivity contribution < 1.29 is 5.11 Å². The van der Waals surface area contributed by atoms with E-state index in [0.29, 0.717) is 10.8 Å². The highest BCUT2D eigenvalue weighted by Gasteiger charge is 2.57. The first-order valence-electron chi connectivity index (χ1n) is 10.3. The number of aliphatic hydroxyl groups is 1. The van der Waals surface area contributed by atoms with Crippen molar-refractivity contribution in [1.29, 1.82) is 0 Å². The van der Waals surface area contributed by atoms with Gasteiger partial charge in [0.25, 0.3) is 0 Å². The van der Waals surface area contributed by atoms with Crippen LogP contribution in [0.5, 0.6) is 0 Å². The van der Waals surface area contributed by atoms with Crippen LogP contribution in [0.2, 0.25) is 0 Å². The standard InChI is InChI=1S/C22H36O/c1-4-15-6-5-7-19-18-9-8-16-14-17(23)10-12-22(16,3)20(18)11-13-21(15,19)2/h4,16-20,23H,5-14H2,1-3H3/b15-4-/t16-,17-,18-,19-,20-,21+,22-/m0/s1. The molecule has 0 saturated heterocycles. The molecule has 0 aromatic carbocycles. The van der Waals surface area contributed by atoms with E-state index < -0.39 is 0 Å². The molecule has 4 rings (SSSR count). The van der Waals surface area contributed by atoms with Gasteiger partial charge in [-0.2, -0.15) is 0 Å². The molecule has 0 aliphatic heterocycles. The zero-order chi connectivity index (χ0) is 16.2. The second kappa shape index (κ2) is 5.61. The summed E-state index contributed by atoms with van der Waals surface area (Å²) >= 11 is 0. The Labute approximate surface area is 142 Å². The summed E-state index contributed by atoms with van der Waals surface area (Å²) in [6.45, 7) is 7.47. The maximum Gasteiger partial charge on any atom is 0.0543 e. The third kappa shape index (κ3) is 2.29. The molecule has 1 N–H and O–H groups in total. The van der Waals surface area contributed by atoms with Crippen molar-refractivity contribution >= 4 is 0 Å². The van der Waals surface area contributed by atoms with Crippen LogP contribution in [0.4, 0.5) is 0 Å².